The van der Waals surface area contributed by atoms with Gasteiger partial charge < -0.3 is 0 Å². The third kappa shape index (κ3) is 17.1. The van der Waals surface area contributed by atoms with Gasteiger partial charge >= 0.3 is 0 Å². The SMILES string of the molecule is C=CC/C=C\C(=C)C.CC.CC1CC=CC=CC1. The van der Waals surface area contributed by atoms with E-state index in [-0.39, 0.29) is 0 Å². The Morgan fingerprint density at radius 1 is 1.22 bits per heavy atom. The van der Waals surface area contributed by atoms with Gasteiger partial charge in [0.05, 0.1) is 0 Å². The van der Waals surface area contributed by atoms with Crippen LogP contribution in [-0.4, -0.2) is 0 Å². The summed E-state index contributed by atoms with van der Waals surface area (Å²) in [4.78, 5) is 0. The lowest BCUT2D eigenvalue weighted by Crippen LogP contribution is -1.86. The molecule has 0 aliphatic heterocycles. The predicted molar refractivity (Wildman–Crippen MR) is 86.8 cm³/mol. The fourth-order valence-electron chi connectivity index (χ4n) is 1.24. The van der Waals surface area contributed by atoms with Gasteiger partial charge in [0, 0.05) is 0 Å². The first-order chi connectivity index (χ1) is 8.66. The van der Waals surface area contributed by atoms with Crippen LogP contribution in [0.3, 0.4) is 0 Å². The topological polar surface area (TPSA) is 0 Å². The molecule has 0 saturated heterocycles. The molecule has 18 heavy (non-hydrogen) atoms. The Hall–Kier alpha value is -1.30. The van der Waals surface area contributed by atoms with E-state index < -0.39 is 0 Å². The van der Waals surface area contributed by atoms with Crippen molar-refractivity contribution in [2.75, 3.05) is 0 Å². The molecule has 0 amide bonds. The molecule has 1 aliphatic rings. The number of hydrogen-bond donors (Lipinski definition) is 0. The molecule has 0 radical (unpaired) electrons. The zero-order valence-corrected chi connectivity index (χ0v) is 12.7. The summed E-state index contributed by atoms with van der Waals surface area (Å²) >= 11 is 0. The van der Waals surface area contributed by atoms with Crippen molar-refractivity contribution < 1.29 is 0 Å². The summed E-state index contributed by atoms with van der Waals surface area (Å²) in [6, 6.07) is 0. The molecular formula is C18H30. The quantitative estimate of drug-likeness (QED) is 0.408. The van der Waals surface area contributed by atoms with Crippen LogP contribution in [0.15, 0.2) is 61.3 Å². The van der Waals surface area contributed by atoms with Crippen molar-refractivity contribution in [1.29, 1.82) is 0 Å². The molecule has 0 heterocycles. The number of allylic oxidation sites excluding steroid dienone is 8. The van der Waals surface area contributed by atoms with E-state index in [1.807, 2.05) is 39.0 Å². The minimum Gasteiger partial charge on any atom is -0.103 e. The van der Waals surface area contributed by atoms with Crippen molar-refractivity contribution in [3.63, 3.8) is 0 Å². The van der Waals surface area contributed by atoms with E-state index in [0.717, 1.165) is 17.9 Å². The highest BCUT2D eigenvalue weighted by Gasteiger charge is 1.96. The second-order valence-electron chi connectivity index (χ2n) is 4.21. The van der Waals surface area contributed by atoms with Gasteiger partial charge in [-0.2, -0.15) is 0 Å². The Balaban J connectivity index is 0. The van der Waals surface area contributed by atoms with Crippen molar-refractivity contribution in [2.45, 2.75) is 47.0 Å². The normalized spacial score (nSPS) is 14.0. The molecule has 0 atom stereocenters. The van der Waals surface area contributed by atoms with Gasteiger partial charge in [-0.05, 0) is 32.1 Å². The monoisotopic (exact) mass is 246 g/mol. The molecule has 0 bridgehead atoms. The molecule has 1 aliphatic carbocycles. The zero-order valence-electron chi connectivity index (χ0n) is 12.7. The molecule has 0 fully saturated rings. The first-order valence-electron chi connectivity index (χ1n) is 6.91. The van der Waals surface area contributed by atoms with Crippen LogP contribution >= 0.6 is 0 Å². The van der Waals surface area contributed by atoms with E-state index in [4.69, 9.17) is 0 Å². The maximum Gasteiger partial charge on any atom is -0.0169 e. The minimum absolute atomic E-state index is 0.852. The van der Waals surface area contributed by atoms with Crippen molar-refractivity contribution in [3.05, 3.63) is 61.3 Å². The Labute approximate surface area is 115 Å². The first kappa shape index (κ1) is 19.0. The maximum absolute atomic E-state index is 3.71. The molecule has 102 valence electrons. The van der Waals surface area contributed by atoms with Crippen LogP contribution in [0, 0.1) is 5.92 Å². The van der Waals surface area contributed by atoms with E-state index in [1.165, 1.54) is 12.8 Å². The van der Waals surface area contributed by atoms with Crippen LogP contribution in [0.1, 0.15) is 47.0 Å². The standard InChI is InChI=1S/2C8H12.C2H6/c1-8-6-4-2-3-5-7-8;1-4-5-6-7-8(2)3;1-2/h2-5,8H,6-7H2,1H3;4,6-7H,1-2,5H2,3H3;1-2H3/b;7-6-;. The van der Waals surface area contributed by atoms with Crippen molar-refractivity contribution in [2.24, 2.45) is 5.92 Å². The van der Waals surface area contributed by atoms with Crippen LogP contribution in [0.4, 0.5) is 0 Å². The molecule has 0 aromatic carbocycles. The average molecular weight is 246 g/mol. The summed E-state index contributed by atoms with van der Waals surface area (Å²) in [7, 11) is 0. The van der Waals surface area contributed by atoms with Gasteiger partial charge in [-0.1, -0.05) is 75.5 Å². The largest absolute Gasteiger partial charge is 0.103 e. The molecular weight excluding hydrogens is 216 g/mol. The van der Waals surface area contributed by atoms with Gasteiger partial charge in [0.25, 0.3) is 0 Å². The molecule has 0 aromatic rings. The third-order valence-corrected chi connectivity index (χ3v) is 2.17. The Bertz CT molecular complexity index is 262. The fraction of sp³-hybridized carbons (Fsp3) is 0.444. The van der Waals surface area contributed by atoms with E-state index in [1.54, 1.807) is 0 Å². The van der Waals surface area contributed by atoms with Gasteiger partial charge in [-0.15, -0.1) is 6.58 Å². The van der Waals surface area contributed by atoms with Crippen LogP contribution in [0.5, 0.6) is 0 Å². The summed E-state index contributed by atoms with van der Waals surface area (Å²) in [6.45, 7) is 15.5. The third-order valence-electron chi connectivity index (χ3n) is 2.17. The summed E-state index contributed by atoms with van der Waals surface area (Å²) < 4.78 is 0. The Kier molecular flexibility index (Phi) is 16.6. The van der Waals surface area contributed by atoms with Crippen LogP contribution in [-0.2, 0) is 0 Å². The van der Waals surface area contributed by atoms with Crippen LogP contribution in [0.25, 0.3) is 0 Å². The van der Waals surface area contributed by atoms with Crippen molar-refractivity contribution >= 4 is 0 Å². The maximum atomic E-state index is 3.71. The summed E-state index contributed by atoms with van der Waals surface area (Å²) in [6.07, 6.45) is 18.0. The zero-order chi connectivity index (χ0) is 14.2. The molecule has 0 aromatic heterocycles. The van der Waals surface area contributed by atoms with Crippen LogP contribution < -0.4 is 0 Å². The Morgan fingerprint density at radius 3 is 2.11 bits per heavy atom. The summed E-state index contributed by atoms with van der Waals surface area (Å²) in [5.74, 6) is 0.852. The molecule has 1 rings (SSSR count). The fourth-order valence-corrected chi connectivity index (χ4v) is 1.24. The lowest BCUT2D eigenvalue weighted by Gasteiger charge is -1.99. The lowest BCUT2D eigenvalue weighted by molar-refractivity contribution is 0.606. The number of hydrogen-bond acceptors (Lipinski definition) is 0. The van der Waals surface area contributed by atoms with Gasteiger partial charge in [0.15, 0.2) is 0 Å². The molecule has 0 nitrogen and oxygen atoms in total. The summed E-state index contributed by atoms with van der Waals surface area (Å²) in [5.41, 5.74) is 1.09. The molecule has 0 saturated carbocycles. The van der Waals surface area contributed by atoms with Gasteiger partial charge in [0.1, 0.15) is 0 Å². The second kappa shape index (κ2) is 15.7. The highest BCUT2D eigenvalue weighted by molar-refractivity contribution is 5.11. The summed E-state index contributed by atoms with van der Waals surface area (Å²) in [5, 5.41) is 0. The van der Waals surface area contributed by atoms with Gasteiger partial charge in [0.2, 0.25) is 0 Å². The smallest absolute Gasteiger partial charge is 0.0169 e. The minimum atomic E-state index is 0.852. The van der Waals surface area contributed by atoms with Crippen molar-refractivity contribution in [3.8, 4) is 0 Å². The van der Waals surface area contributed by atoms with Gasteiger partial charge in [-0.3, -0.25) is 0 Å². The molecule has 0 spiro atoms. The predicted octanol–water partition coefficient (Wildman–Crippen LogP) is 6.25. The highest BCUT2D eigenvalue weighted by Crippen LogP contribution is 2.11. The van der Waals surface area contributed by atoms with Crippen molar-refractivity contribution in [1.82, 2.24) is 0 Å². The second-order valence-corrected chi connectivity index (χ2v) is 4.21. The average Bonchev–Trinajstić information content (AvgIpc) is 2.60. The lowest BCUT2D eigenvalue weighted by atomic mass is 10.1. The highest BCUT2D eigenvalue weighted by atomic mass is 14.0. The van der Waals surface area contributed by atoms with Gasteiger partial charge in [-0.25, -0.2) is 0 Å². The van der Waals surface area contributed by atoms with Crippen LogP contribution in [0.2, 0.25) is 0 Å². The Morgan fingerprint density at radius 2 is 1.72 bits per heavy atom. The van der Waals surface area contributed by atoms with E-state index in [0.29, 0.717) is 0 Å². The number of rotatable bonds is 3. The van der Waals surface area contributed by atoms with E-state index in [9.17, 15) is 0 Å². The molecule has 0 unspecified atom stereocenters. The first-order valence-corrected chi connectivity index (χ1v) is 6.91. The van der Waals surface area contributed by atoms with E-state index >= 15 is 0 Å². The van der Waals surface area contributed by atoms with E-state index in [2.05, 4.69) is 44.4 Å². The molecule has 0 N–H and O–H groups in total. The molecule has 0 heteroatoms.